The number of nitrogens with zero attached hydrogens (tertiary/aromatic N) is 2. The Morgan fingerprint density at radius 3 is 2.90 bits per heavy atom. The van der Waals surface area contributed by atoms with Crippen molar-refractivity contribution >= 4 is 17.2 Å². The van der Waals surface area contributed by atoms with E-state index in [1.54, 1.807) is 6.92 Å². The highest BCUT2D eigenvalue weighted by Gasteiger charge is 2.30. The van der Waals surface area contributed by atoms with Crippen LogP contribution in [0.1, 0.15) is 24.5 Å². The number of fused-ring (bicyclic) bond motifs is 2. The van der Waals surface area contributed by atoms with Crippen molar-refractivity contribution in [1.82, 2.24) is 4.90 Å². The normalized spacial score (nSPS) is 19.9. The molecule has 0 N–H and O–H groups in total. The molecule has 20 heavy (non-hydrogen) atoms. The zero-order valence-corrected chi connectivity index (χ0v) is 11.7. The molecule has 1 amide bonds. The highest BCUT2D eigenvalue weighted by Crippen LogP contribution is 2.43. The monoisotopic (exact) mass is 266 g/mol. The van der Waals surface area contributed by atoms with E-state index in [0.717, 1.165) is 32.6 Å². The largest absolute Gasteiger partial charge is 0.365 e. The van der Waals surface area contributed by atoms with Crippen molar-refractivity contribution in [3.63, 3.8) is 0 Å². The van der Waals surface area contributed by atoms with Gasteiger partial charge in [0.2, 0.25) is 5.91 Å². The van der Waals surface area contributed by atoms with Gasteiger partial charge in [-0.2, -0.15) is 0 Å². The standard InChI is InChI=1S/C17H18N2O/c1-12(20)18-8-9-19-10-13-4-2-6-15(13)16-7-3-5-14(11-18)17(16)19/h3-7H,2,8-11H2,1H3. The average molecular weight is 266 g/mol. The van der Waals surface area contributed by atoms with Crippen LogP contribution in [-0.2, 0) is 11.3 Å². The molecule has 0 atom stereocenters. The molecule has 1 aromatic rings. The minimum atomic E-state index is 0.168. The molecule has 0 radical (unpaired) electrons. The molecule has 1 aromatic carbocycles. The summed E-state index contributed by atoms with van der Waals surface area (Å²) in [7, 11) is 0. The molecule has 0 unspecified atom stereocenters. The summed E-state index contributed by atoms with van der Waals surface area (Å²) in [6.07, 6.45) is 5.72. The maximum Gasteiger partial charge on any atom is 0.219 e. The lowest BCUT2D eigenvalue weighted by atomic mass is 9.91. The Morgan fingerprint density at radius 2 is 2.05 bits per heavy atom. The van der Waals surface area contributed by atoms with Crippen LogP contribution in [0.3, 0.4) is 0 Å². The van der Waals surface area contributed by atoms with E-state index in [0.29, 0.717) is 0 Å². The number of rotatable bonds is 0. The predicted molar refractivity (Wildman–Crippen MR) is 80.4 cm³/mol. The Balaban J connectivity index is 1.87. The van der Waals surface area contributed by atoms with Crippen LogP contribution >= 0.6 is 0 Å². The molecule has 0 saturated carbocycles. The molecule has 0 spiro atoms. The van der Waals surface area contributed by atoms with Gasteiger partial charge < -0.3 is 9.80 Å². The first kappa shape index (κ1) is 11.8. The molecule has 0 saturated heterocycles. The molecule has 3 nitrogen and oxygen atoms in total. The summed E-state index contributed by atoms with van der Waals surface area (Å²) in [6, 6.07) is 6.51. The average Bonchev–Trinajstić information content (AvgIpc) is 2.82. The van der Waals surface area contributed by atoms with Crippen molar-refractivity contribution in [2.24, 2.45) is 0 Å². The molecule has 3 heteroatoms. The summed E-state index contributed by atoms with van der Waals surface area (Å²) in [6.45, 7) is 5.13. The minimum absolute atomic E-state index is 0.168. The van der Waals surface area contributed by atoms with Gasteiger partial charge in [-0.3, -0.25) is 4.79 Å². The van der Waals surface area contributed by atoms with Gasteiger partial charge in [0.05, 0.1) is 0 Å². The quantitative estimate of drug-likeness (QED) is 0.720. The second-order valence-electron chi connectivity index (χ2n) is 5.76. The Morgan fingerprint density at radius 1 is 1.15 bits per heavy atom. The number of para-hydroxylation sites is 1. The van der Waals surface area contributed by atoms with E-state index in [9.17, 15) is 4.79 Å². The SMILES string of the molecule is CC(=O)N1CCN2CC3=CCC=C3c3cccc(c32)C1. The van der Waals surface area contributed by atoms with Crippen molar-refractivity contribution in [3.05, 3.63) is 47.1 Å². The lowest BCUT2D eigenvalue weighted by Crippen LogP contribution is -2.36. The third-order valence-electron chi connectivity index (χ3n) is 4.57. The number of carbonyl (C=O) groups excluding carboxylic acids is 1. The van der Waals surface area contributed by atoms with Gasteiger partial charge in [0, 0.05) is 44.4 Å². The summed E-state index contributed by atoms with van der Waals surface area (Å²) < 4.78 is 0. The molecular formula is C17H18N2O. The fourth-order valence-electron chi connectivity index (χ4n) is 3.57. The second-order valence-corrected chi connectivity index (χ2v) is 5.76. The van der Waals surface area contributed by atoms with Crippen LogP contribution in [0, 0.1) is 0 Å². The van der Waals surface area contributed by atoms with Gasteiger partial charge in [-0.15, -0.1) is 0 Å². The van der Waals surface area contributed by atoms with E-state index in [4.69, 9.17) is 0 Å². The van der Waals surface area contributed by atoms with E-state index in [1.807, 2.05) is 4.90 Å². The van der Waals surface area contributed by atoms with Crippen LogP contribution in [0.4, 0.5) is 5.69 Å². The molecule has 102 valence electrons. The first-order valence-electron chi connectivity index (χ1n) is 7.26. The van der Waals surface area contributed by atoms with Crippen molar-refractivity contribution in [2.45, 2.75) is 19.9 Å². The molecule has 2 heterocycles. The van der Waals surface area contributed by atoms with E-state index in [2.05, 4.69) is 35.3 Å². The van der Waals surface area contributed by atoms with Crippen molar-refractivity contribution < 1.29 is 4.79 Å². The second kappa shape index (κ2) is 4.23. The van der Waals surface area contributed by atoms with E-state index in [-0.39, 0.29) is 5.91 Å². The van der Waals surface area contributed by atoms with Crippen molar-refractivity contribution in [1.29, 1.82) is 0 Å². The number of benzene rings is 1. The summed E-state index contributed by atoms with van der Waals surface area (Å²) >= 11 is 0. The Labute approximate surface area is 119 Å². The molecule has 2 aliphatic heterocycles. The summed E-state index contributed by atoms with van der Waals surface area (Å²) in [4.78, 5) is 16.1. The van der Waals surface area contributed by atoms with E-state index < -0.39 is 0 Å². The number of allylic oxidation sites excluding steroid dienone is 2. The third kappa shape index (κ3) is 1.62. The molecule has 0 bridgehead atoms. The Hall–Kier alpha value is -2.03. The third-order valence-corrected chi connectivity index (χ3v) is 4.57. The summed E-state index contributed by atoms with van der Waals surface area (Å²) in [5.74, 6) is 0.168. The van der Waals surface area contributed by atoms with Crippen LogP contribution in [0.15, 0.2) is 35.9 Å². The number of hydrogen-bond donors (Lipinski definition) is 0. The topological polar surface area (TPSA) is 23.6 Å². The zero-order chi connectivity index (χ0) is 13.7. The number of anilines is 1. The van der Waals surface area contributed by atoms with Crippen LogP contribution < -0.4 is 4.90 Å². The van der Waals surface area contributed by atoms with Crippen LogP contribution in [0.2, 0.25) is 0 Å². The maximum atomic E-state index is 11.7. The number of carbonyl (C=O) groups is 1. The van der Waals surface area contributed by atoms with Crippen LogP contribution in [0.5, 0.6) is 0 Å². The molecule has 3 aliphatic rings. The number of hydrogen-bond acceptors (Lipinski definition) is 2. The first-order chi connectivity index (χ1) is 9.74. The van der Waals surface area contributed by atoms with E-state index >= 15 is 0 Å². The summed E-state index contributed by atoms with van der Waals surface area (Å²) in [5, 5.41) is 0. The van der Waals surface area contributed by atoms with Gasteiger partial charge in [0.25, 0.3) is 0 Å². The minimum Gasteiger partial charge on any atom is -0.365 e. The van der Waals surface area contributed by atoms with Gasteiger partial charge in [-0.05, 0) is 23.1 Å². The van der Waals surface area contributed by atoms with Crippen molar-refractivity contribution in [2.75, 3.05) is 24.5 Å². The molecule has 0 fully saturated rings. The van der Waals surface area contributed by atoms with Gasteiger partial charge >= 0.3 is 0 Å². The highest BCUT2D eigenvalue weighted by atomic mass is 16.2. The molecule has 0 aromatic heterocycles. The van der Waals surface area contributed by atoms with Gasteiger partial charge in [-0.25, -0.2) is 0 Å². The van der Waals surface area contributed by atoms with Gasteiger partial charge in [0.15, 0.2) is 0 Å². The number of amides is 1. The van der Waals surface area contributed by atoms with Crippen LogP contribution in [-0.4, -0.2) is 30.4 Å². The van der Waals surface area contributed by atoms with Gasteiger partial charge in [-0.1, -0.05) is 30.4 Å². The predicted octanol–water partition coefficient (Wildman–Crippen LogP) is 2.58. The first-order valence-corrected chi connectivity index (χ1v) is 7.26. The Kier molecular flexibility index (Phi) is 2.49. The summed E-state index contributed by atoms with van der Waals surface area (Å²) in [5.41, 5.74) is 6.84. The Bertz CT molecular complexity index is 657. The van der Waals surface area contributed by atoms with Gasteiger partial charge in [0.1, 0.15) is 0 Å². The maximum absolute atomic E-state index is 11.7. The van der Waals surface area contributed by atoms with E-state index in [1.165, 1.54) is 28.0 Å². The molecule has 4 rings (SSSR count). The molecular weight excluding hydrogens is 248 g/mol. The zero-order valence-electron chi connectivity index (χ0n) is 11.7. The fourth-order valence-corrected chi connectivity index (χ4v) is 3.57. The smallest absolute Gasteiger partial charge is 0.219 e. The van der Waals surface area contributed by atoms with Crippen molar-refractivity contribution in [3.8, 4) is 0 Å². The highest BCUT2D eigenvalue weighted by molar-refractivity contribution is 5.93. The lowest BCUT2D eigenvalue weighted by molar-refractivity contribution is -0.129. The fraction of sp³-hybridized carbons (Fsp3) is 0.353. The van der Waals surface area contributed by atoms with Crippen LogP contribution in [0.25, 0.3) is 5.57 Å². The molecule has 1 aliphatic carbocycles. The lowest BCUT2D eigenvalue weighted by Gasteiger charge is -2.33.